The number of nitrogens with one attached hydrogen (secondary N) is 1. The van der Waals surface area contributed by atoms with E-state index in [9.17, 15) is 9.59 Å². The molecular weight excluding hydrogens is 623 g/mol. The molecule has 0 radical (unpaired) electrons. The molecule has 1 atom stereocenters. The van der Waals surface area contributed by atoms with Gasteiger partial charge in [0.2, 0.25) is 5.89 Å². The lowest BCUT2D eigenvalue weighted by atomic mass is 9.80. The highest BCUT2D eigenvalue weighted by Crippen LogP contribution is 2.47. The highest BCUT2D eigenvalue weighted by molar-refractivity contribution is 8.00. The Morgan fingerprint density at radius 3 is 2.17 bits per heavy atom. The molecule has 5 rings (SSSR count). The fourth-order valence-corrected chi connectivity index (χ4v) is 6.93. The van der Waals surface area contributed by atoms with Crippen molar-refractivity contribution < 1.29 is 13.6 Å². The Morgan fingerprint density at radius 1 is 0.896 bits per heavy atom. The van der Waals surface area contributed by atoms with Crippen molar-refractivity contribution in [3.05, 3.63) is 106 Å². The monoisotopic (exact) mass is 667 g/mol. The first-order valence-electron chi connectivity index (χ1n) is 16.0. The molecule has 0 saturated carbocycles. The van der Waals surface area contributed by atoms with Gasteiger partial charge in [-0.2, -0.15) is 0 Å². The average Bonchev–Trinajstić information content (AvgIpc) is 3.49. The predicted octanol–water partition coefficient (Wildman–Crippen LogP) is 7.25. The molecule has 3 N–H and O–H groups in total. The highest BCUT2D eigenvalue weighted by atomic mass is 32.2. The Hall–Kier alpha value is -4.54. The summed E-state index contributed by atoms with van der Waals surface area (Å²) in [5.74, 6) is 0.230. The smallest absolute Gasteiger partial charge is 0.349 e. The van der Waals surface area contributed by atoms with E-state index in [1.165, 1.54) is 0 Å². The van der Waals surface area contributed by atoms with Crippen LogP contribution in [-0.2, 0) is 4.75 Å². The molecule has 48 heavy (non-hydrogen) atoms. The number of nitrogens with zero attached hydrogens (tertiary/aromatic N) is 3. The first-order valence-corrected chi connectivity index (χ1v) is 16.8. The number of anilines is 2. The molecule has 5 aromatic rings. The Balaban J connectivity index is 1.53. The summed E-state index contributed by atoms with van der Waals surface area (Å²) in [7, 11) is 7.85. The van der Waals surface area contributed by atoms with Crippen molar-refractivity contribution in [2.45, 2.75) is 55.2 Å². The van der Waals surface area contributed by atoms with Crippen LogP contribution in [-0.4, -0.2) is 51.2 Å². The third-order valence-corrected chi connectivity index (χ3v) is 9.74. The van der Waals surface area contributed by atoms with E-state index in [4.69, 9.17) is 19.6 Å². The second-order valence-corrected chi connectivity index (χ2v) is 15.2. The zero-order chi connectivity index (χ0) is 34.8. The predicted molar refractivity (Wildman–Crippen MR) is 196 cm³/mol. The first-order chi connectivity index (χ1) is 22.7. The average molecular weight is 668 g/mol. The molecule has 1 unspecified atom stereocenters. The number of aromatic nitrogens is 1. The number of hydrogen-bond acceptors (Lipinski definition) is 9. The first kappa shape index (κ1) is 34.8. The Kier molecular flexibility index (Phi) is 10.1. The van der Waals surface area contributed by atoms with Crippen molar-refractivity contribution in [2.75, 3.05) is 44.5 Å². The molecule has 0 aliphatic carbocycles. The molecule has 0 fully saturated rings. The molecular formula is C38H45N5O4S. The van der Waals surface area contributed by atoms with Crippen molar-refractivity contribution in [1.82, 2.24) is 10.3 Å². The number of thioether (sulfide) groups is 1. The van der Waals surface area contributed by atoms with Gasteiger partial charge in [0.15, 0.2) is 0 Å². The number of carbonyl (C=O) groups is 1. The van der Waals surface area contributed by atoms with Crippen LogP contribution in [0.25, 0.3) is 22.4 Å². The lowest BCUT2D eigenvalue weighted by Crippen LogP contribution is -2.49. The van der Waals surface area contributed by atoms with Gasteiger partial charge in [-0.25, -0.2) is 9.78 Å². The van der Waals surface area contributed by atoms with Gasteiger partial charge in [-0.3, -0.25) is 4.79 Å². The second kappa shape index (κ2) is 13.9. The van der Waals surface area contributed by atoms with Gasteiger partial charge in [-0.05, 0) is 95.3 Å². The van der Waals surface area contributed by atoms with Crippen molar-refractivity contribution in [3.63, 3.8) is 0 Å². The number of amides is 1. The second-order valence-electron chi connectivity index (χ2n) is 13.5. The summed E-state index contributed by atoms with van der Waals surface area (Å²) in [6, 6.07) is 25.3. The molecule has 9 nitrogen and oxygen atoms in total. The third-order valence-electron chi connectivity index (χ3n) is 8.53. The van der Waals surface area contributed by atoms with Crippen molar-refractivity contribution >= 4 is 40.0 Å². The fourth-order valence-electron chi connectivity index (χ4n) is 5.83. The summed E-state index contributed by atoms with van der Waals surface area (Å²) in [4.78, 5) is 37.1. The number of oxazole rings is 1. The van der Waals surface area contributed by atoms with Gasteiger partial charge in [0, 0.05) is 72.9 Å². The molecule has 10 heteroatoms. The van der Waals surface area contributed by atoms with E-state index in [1.807, 2.05) is 89.4 Å². The molecule has 0 aliphatic heterocycles. The maximum absolute atomic E-state index is 13.8. The van der Waals surface area contributed by atoms with Crippen molar-refractivity contribution in [3.8, 4) is 11.5 Å². The molecule has 2 heterocycles. The minimum atomic E-state index is -0.900. The van der Waals surface area contributed by atoms with Crippen molar-refractivity contribution in [1.29, 1.82) is 0 Å². The van der Waals surface area contributed by atoms with E-state index in [-0.39, 0.29) is 11.5 Å². The maximum atomic E-state index is 13.8. The quantitative estimate of drug-likeness (QED) is 0.105. The molecule has 252 valence electrons. The number of fused-ring (bicyclic) bond motifs is 1. The maximum Gasteiger partial charge on any atom is 0.349 e. The highest BCUT2D eigenvalue weighted by Gasteiger charge is 2.41. The Morgan fingerprint density at radius 2 is 1.54 bits per heavy atom. The number of rotatable bonds is 12. The van der Waals surface area contributed by atoms with E-state index >= 15 is 0 Å². The van der Waals surface area contributed by atoms with E-state index < -0.39 is 21.8 Å². The summed E-state index contributed by atoms with van der Waals surface area (Å²) < 4.78 is 11.7. The summed E-state index contributed by atoms with van der Waals surface area (Å²) in [6.45, 7) is 8.44. The number of carbonyl (C=O) groups excluding carboxylic acids is 1. The van der Waals surface area contributed by atoms with Crippen molar-refractivity contribution in [2.24, 2.45) is 5.73 Å². The Labute approximate surface area is 286 Å². The van der Waals surface area contributed by atoms with E-state index in [0.717, 1.165) is 27.5 Å². The lowest BCUT2D eigenvalue weighted by Gasteiger charge is -2.35. The van der Waals surface area contributed by atoms with Crippen LogP contribution in [0.1, 0.15) is 61.8 Å². The summed E-state index contributed by atoms with van der Waals surface area (Å²) >= 11 is 1.69. The van der Waals surface area contributed by atoms with Crippen LogP contribution in [0.3, 0.4) is 0 Å². The summed E-state index contributed by atoms with van der Waals surface area (Å²) in [5, 5.41) is 3.78. The van der Waals surface area contributed by atoms with Gasteiger partial charge in [0.05, 0.1) is 10.4 Å². The van der Waals surface area contributed by atoms with Gasteiger partial charge >= 0.3 is 5.63 Å². The van der Waals surface area contributed by atoms with E-state index in [1.54, 1.807) is 23.9 Å². The van der Waals surface area contributed by atoms with Crippen LogP contribution in [0.15, 0.2) is 97.4 Å². The standard InChI is InChI=1S/C38H45N5O4S/c1-37(2,41-34(44)29-22-25-14-15-27(43(7)8)23-31(25)46-36(29)45)30(20-21-39)32-33(40-35(47-32)24-12-10-9-11-13-24)38(3,4)48-28-18-16-26(17-19-28)42(5)6/h9-19,22-23,30H,20-21,39H2,1-8H3,(H,41,44). The minimum absolute atomic E-state index is 0.0699. The van der Waals surface area contributed by atoms with Gasteiger partial charge < -0.3 is 29.7 Å². The summed E-state index contributed by atoms with van der Waals surface area (Å²) in [5.41, 5.74) is 8.58. The van der Waals surface area contributed by atoms with Crippen LogP contribution in [0.2, 0.25) is 0 Å². The summed E-state index contributed by atoms with van der Waals surface area (Å²) in [6.07, 6.45) is 0.502. The number of hydrogen-bond donors (Lipinski definition) is 2. The molecule has 0 aliphatic rings. The van der Waals surface area contributed by atoms with Gasteiger partial charge in [0.25, 0.3) is 5.91 Å². The molecule has 0 bridgehead atoms. The zero-order valence-electron chi connectivity index (χ0n) is 29.0. The SMILES string of the molecule is CN(C)c1ccc(SC(C)(C)c2nc(-c3ccccc3)oc2C(CCN)C(C)(C)NC(=O)c2cc3ccc(N(C)C)cc3oc2=O)cc1. The minimum Gasteiger partial charge on any atom is -0.440 e. The molecule has 2 aromatic heterocycles. The molecule has 0 spiro atoms. The van der Waals surface area contributed by atoms with Crippen LogP contribution in [0.5, 0.6) is 0 Å². The normalized spacial score (nSPS) is 12.6. The zero-order valence-corrected chi connectivity index (χ0v) is 29.8. The largest absolute Gasteiger partial charge is 0.440 e. The lowest BCUT2D eigenvalue weighted by molar-refractivity contribution is 0.0890. The molecule has 0 saturated heterocycles. The topological polar surface area (TPSA) is 118 Å². The number of benzene rings is 3. The van der Waals surface area contributed by atoms with E-state index in [2.05, 4.69) is 48.3 Å². The van der Waals surface area contributed by atoms with Crippen LogP contribution in [0, 0.1) is 0 Å². The molecule has 3 aromatic carbocycles. The fraction of sp³-hybridized carbons (Fsp3) is 0.342. The molecule has 1 amide bonds. The van der Waals surface area contributed by atoms with E-state index in [0.29, 0.717) is 35.6 Å². The van der Waals surface area contributed by atoms with Crippen LogP contribution >= 0.6 is 11.8 Å². The van der Waals surface area contributed by atoms with Gasteiger partial charge in [-0.1, -0.05) is 18.2 Å². The van der Waals surface area contributed by atoms with Gasteiger partial charge in [-0.15, -0.1) is 11.8 Å². The Bertz CT molecular complexity index is 1950. The van der Waals surface area contributed by atoms with Crippen LogP contribution in [0.4, 0.5) is 11.4 Å². The third kappa shape index (κ3) is 7.45. The van der Waals surface area contributed by atoms with Gasteiger partial charge in [0.1, 0.15) is 16.9 Å². The van der Waals surface area contributed by atoms with Crippen LogP contribution < -0.4 is 26.5 Å². The number of nitrogens with two attached hydrogens (primary N) is 1.